The smallest absolute Gasteiger partial charge is 0.273 e. The van der Waals surface area contributed by atoms with Crippen molar-refractivity contribution in [3.63, 3.8) is 0 Å². The summed E-state index contributed by atoms with van der Waals surface area (Å²) in [7, 11) is 3.96. The molecule has 5 nitrogen and oxygen atoms in total. The second kappa shape index (κ2) is 7.40. The number of benzene rings is 1. The zero-order chi connectivity index (χ0) is 15.1. The number of likely N-dealkylation sites (N-methyl/N-ethyl adjacent to an activating group) is 1. The van der Waals surface area contributed by atoms with Crippen LogP contribution in [0.2, 0.25) is 0 Å². The number of amides is 1. The van der Waals surface area contributed by atoms with Crippen LogP contribution in [0, 0.1) is 0 Å². The number of anilines is 1. The number of hydrogen-bond acceptors (Lipinski definition) is 4. The van der Waals surface area contributed by atoms with Crippen LogP contribution in [-0.2, 0) is 0 Å². The lowest BCUT2D eigenvalue weighted by Crippen LogP contribution is -2.40. The topological polar surface area (TPSA) is 48.5 Å². The van der Waals surface area contributed by atoms with E-state index in [1.807, 2.05) is 49.3 Å². The number of hydrogen-bond donors (Lipinski definition) is 1. The van der Waals surface area contributed by atoms with E-state index in [0.29, 0.717) is 12.1 Å². The zero-order valence-electron chi connectivity index (χ0n) is 12.4. The number of para-hydroxylation sites is 1. The second-order valence-corrected chi connectivity index (χ2v) is 4.98. The van der Waals surface area contributed by atoms with Crippen LogP contribution in [-0.4, -0.2) is 48.0 Å². The fourth-order valence-corrected chi connectivity index (χ4v) is 1.82. The molecular weight excluding hydrogens is 264 g/mol. The maximum Gasteiger partial charge on any atom is 0.273 e. The van der Waals surface area contributed by atoms with E-state index < -0.39 is 0 Å². The van der Waals surface area contributed by atoms with Crippen LogP contribution in [0.1, 0.15) is 10.4 Å². The number of rotatable bonds is 6. The predicted molar refractivity (Wildman–Crippen MR) is 83.9 cm³/mol. The third kappa shape index (κ3) is 4.57. The first-order chi connectivity index (χ1) is 10.2. The summed E-state index contributed by atoms with van der Waals surface area (Å²) in [6.45, 7) is 1.35. The molecule has 0 atom stereocenters. The average Bonchev–Trinajstić information content (AvgIpc) is 2.52. The minimum atomic E-state index is -0.0891. The molecule has 0 saturated carbocycles. The maximum atomic E-state index is 12.6. The first-order valence-corrected chi connectivity index (χ1v) is 6.85. The summed E-state index contributed by atoms with van der Waals surface area (Å²) >= 11 is 0. The highest BCUT2D eigenvalue weighted by molar-refractivity contribution is 5.94. The molecule has 1 aromatic heterocycles. The Balaban J connectivity index is 2.13. The van der Waals surface area contributed by atoms with Crippen molar-refractivity contribution >= 4 is 11.6 Å². The molecule has 21 heavy (non-hydrogen) atoms. The highest BCUT2D eigenvalue weighted by atomic mass is 16.2. The van der Waals surface area contributed by atoms with Gasteiger partial charge < -0.3 is 4.90 Å². The summed E-state index contributed by atoms with van der Waals surface area (Å²) in [6, 6.07) is 13.2. The number of pyridine rings is 1. The molecule has 1 amide bonds. The van der Waals surface area contributed by atoms with E-state index in [9.17, 15) is 4.79 Å². The highest BCUT2D eigenvalue weighted by Crippen LogP contribution is 2.10. The first-order valence-electron chi connectivity index (χ1n) is 6.85. The van der Waals surface area contributed by atoms with Crippen LogP contribution in [0.25, 0.3) is 0 Å². The molecule has 5 heteroatoms. The van der Waals surface area contributed by atoms with E-state index in [1.54, 1.807) is 29.5 Å². The summed E-state index contributed by atoms with van der Waals surface area (Å²) in [4.78, 5) is 18.6. The normalized spacial score (nSPS) is 10.4. The van der Waals surface area contributed by atoms with Gasteiger partial charge >= 0.3 is 0 Å². The molecule has 1 heterocycles. The van der Waals surface area contributed by atoms with Crippen LogP contribution >= 0.6 is 0 Å². The monoisotopic (exact) mass is 284 g/mol. The summed E-state index contributed by atoms with van der Waals surface area (Å²) < 4.78 is 0. The third-order valence-corrected chi connectivity index (χ3v) is 2.96. The van der Waals surface area contributed by atoms with Gasteiger partial charge in [-0.3, -0.25) is 20.2 Å². The van der Waals surface area contributed by atoms with Crippen molar-refractivity contribution in [3.8, 4) is 0 Å². The minimum absolute atomic E-state index is 0.0891. The first kappa shape index (κ1) is 15.0. The fourth-order valence-electron chi connectivity index (χ4n) is 1.82. The Labute approximate surface area is 125 Å². The lowest BCUT2D eigenvalue weighted by Gasteiger charge is -2.25. The average molecular weight is 284 g/mol. The Morgan fingerprint density at radius 1 is 1.10 bits per heavy atom. The molecule has 1 N–H and O–H groups in total. The van der Waals surface area contributed by atoms with Crippen molar-refractivity contribution in [1.82, 2.24) is 14.9 Å². The van der Waals surface area contributed by atoms with Crippen molar-refractivity contribution in [1.29, 1.82) is 0 Å². The molecule has 1 aromatic carbocycles. The van der Waals surface area contributed by atoms with Gasteiger partial charge in [-0.05, 0) is 38.4 Å². The largest absolute Gasteiger partial charge is 0.308 e. The number of nitrogens with one attached hydrogen (secondary N) is 1. The van der Waals surface area contributed by atoms with E-state index in [0.717, 1.165) is 12.2 Å². The third-order valence-electron chi connectivity index (χ3n) is 2.96. The van der Waals surface area contributed by atoms with Crippen LogP contribution in [0.15, 0.2) is 54.9 Å². The quantitative estimate of drug-likeness (QED) is 0.825. The molecule has 0 unspecified atom stereocenters. The van der Waals surface area contributed by atoms with Gasteiger partial charge in [0.05, 0.1) is 17.8 Å². The van der Waals surface area contributed by atoms with Gasteiger partial charge in [0.15, 0.2) is 0 Å². The molecule has 0 saturated heterocycles. The molecule has 0 aliphatic carbocycles. The Morgan fingerprint density at radius 3 is 2.48 bits per heavy atom. The molecule has 0 radical (unpaired) electrons. The van der Waals surface area contributed by atoms with Gasteiger partial charge in [0, 0.05) is 18.9 Å². The van der Waals surface area contributed by atoms with Crippen molar-refractivity contribution in [3.05, 3.63) is 60.4 Å². The van der Waals surface area contributed by atoms with Crippen LogP contribution < -0.4 is 5.43 Å². The van der Waals surface area contributed by atoms with Crippen LogP contribution in [0.4, 0.5) is 5.69 Å². The van der Waals surface area contributed by atoms with Gasteiger partial charge in [0.25, 0.3) is 5.91 Å². The molecule has 0 fully saturated rings. The lowest BCUT2D eigenvalue weighted by atomic mass is 10.2. The summed E-state index contributed by atoms with van der Waals surface area (Å²) in [6.07, 6.45) is 3.24. The Morgan fingerprint density at radius 2 is 1.86 bits per heavy atom. The van der Waals surface area contributed by atoms with Crippen LogP contribution in [0.5, 0.6) is 0 Å². The van der Waals surface area contributed by atoms with Crippen molar-refractivity contribution in [2.24, 2.45) is 0 Å². The zero-order valence-corrected chi connectivity index (χ0v) is 12.4. The Kier molecular flexibility index (Phi) is 5.29. The number of nitrogens with zero attached hydrogens (tertiary/aromatic N) is 3. The Bertz CT molecular complexity index is 557. The summed E-state index contributed by atoms with van der Waals surface area (Å²) in [5.41, 5.74) is 4.61. The summed E-state index contributed by atoms with van der Waals surface area (Å²) in [5, 5.41) is 1.62. The van der Waals surface area contributed by atoms with Gasteiger partial charge in [0.2, 0.25) is 0 Å². The van der Waals surface area contributed by atoms with E-state index in [1.165, 1.54) is 0 Å². The predicted octanol–water partition coefficient (Wildman–Crippen LogP) is 2.11. The Hall–Kier alpha value is -2.40. The second-order valence-electron chi connectivity index (χ2n) is 4.98. The van der Waals surface area contributed by atoms with E-state index in [4.69, 9.17) is 0 Å². The molecule has 2 aromatic rings. The van der Waals surface area contributed by atoms with Gasteiger partial charge in [-0.15, -0.1) is 0 Å². The SMILES string of the molecule is CN(C)CCN(Nc1ccccc1)C(=O)c1cccnc1. The van der Waals surface area contributed by atoms with E-state index >= 15 is 0 Å². The molecule has 0 spiro atoms. The van der Waals surface area contributed by atoms with Crippen molar-refractivity contribution in [2.45, 2.75) is 0 Å². The lowest BCUT2D eigenvalue weighted by molar-refractivity contribution is 0.0784. The minimum Gasteiger partial charge on any atom is -0.308 e. The molecule has 0 bridgehead atoms. The summed E-state index contributed by atoms with van der Waals surface area (Å²) in [5.74, 6) is -0.0891. The maximum absolute atomic E-state index is 12.6. The number of carbonyl (C=O) groups excluding carboxylic acids is 1. The molecule has 0 aliphatic heterocycles. The van der Waals surface area contributed by atoms with Crippen LogP contribution in [0.3, 0.4) is 0 Å². The highest BCUT2D eigenvalue weighted by Gasteiger charge is 2.16. The van der Waals surface area contributed by atoms with Crippen molar-refractivity contribution in [2.75, 3.05) is 32.6 Å². The van der Waals surface area contributed by atoms with Gasteiger partial charge in [0.1, 0.15) is 0 Å². The van der Waals surface area contributed by atoms with E-state index in [2.05, 4.69) is 10.4 Å². The number of aromatic nitrogens is 1. The molecule has 2 rings (SSSR count). The number of carbonyl (C=O) groups is 1. The number of hydrazine groups is 1. The molecular formula is C16H20N4O. The van der Waals surface area contributed by atoms with E-state index in [-0.39, 0.29) is 5.91 Å². The van der Waals surface area contributed by atoms with Gasteiger partial charge in [-0.2, -0.15) is 0 Å². The fraction of sp³-hybridized carbons (Fsp3) is 0.250. The molecule has 110 valence electrons. The van der Waals surface area contributed by atoms with Gasteiger partial charge in [-0.25, -0.2) is 0 Å². The van der Waals surface area contributed by atoms with Crippen molar-refractivity contribution < 1.29 is 4.79 Å². The molecule has 0 aliphatic rings. The standard InChI is InChI=1S/C16H20N4O/c1-19(2)11-12-20(18-15-8-4-3-5-9-15)16(21)14-7-6-10-17-13-14/h3-10,13,18H,11-12H2,1-2H3. The van der Waals surface area contributed by atoms with Gasteiger partial charge in [-0.1, -0.05) is 18.2 Å².